The van der Waals surface area contributed by atoms with E-state index in [1.54, 1.807) is 0 Å². The fourth-order valence-electron chi connectivity index (χ4n) is 5.80. The van der Waals surface area contributed by atoms with Gasteiger partial charge in [0.25, 0.3) is 0 Å². The molecule has 17 heavy (non-hydrogen) atoms. The third kappa shape index (κ3) is 1.30. The minimum atomic E-state index is -0.0346. The number of nitrogens with zero attached hydrogens (tertiary/aromatic N) is 1. The van der Waals surface area contributed by atoms with Crippen LogP contribution >= 0.6 is 0 Å². The Labute approximate surface area is 106 Å². The van der Waals surface area contributed by atoms with E-state index in [1.165, 1.54) is 25.7 Å². The van der Waals surface area contributed by atoms with Crippen LogP contribution in [0.15, 0.2) is 0 Å². The zero-order chi connectivity index (χ0) is 12.4. The minimum absolute atomic E-state index is 0.0346. The van der Waals surface area contributed by atoms with Gasteiger partial charge in [-0.05, 0) is 48.9 Å². The van der Waals surface area contributed by atoms with Crippen LogP contribution in [-0.4, -0.2) is 5.54 Å². The minimum Gasteiger partial charge on any atom is -0.310 e. The van der Waals surface area contributed by atoms with Crippen LogP contribution in [0.5, 0.6) is 0 Å². The molecule has 0 aliphatic heterocycles. The van der Waals surface area contributed by atoms with E-state index < -0.39 is 0 Å². The van der Waals surface area contributed by atoms with E-state index in [2.05, 4.69) is 32.5 Å². The molecule has 0 spiro atoms. The SMILES string of the molecule is [C-]#[N+]C1(C)C2CC3CC(C)(C2)C1C[C@H]3C(C)C. The molecule has 3 bridgehead atoms. The van der Waals surface area contributed by atoms with E-state index in [0.29, 0.717) is 17.3 Å². The van der Waals surface area contributed by atoms with Gasteiger partial charge >= 0.3 is 0 Å². The first-order valence-electron chi connectivity index (χ1n) is 7.29. The molecule has 0 amide bonds. The summed E-state index contributed by atoms with van der Waals surface area (Å²) in [4.78, 5) is 4.13. The summed E-state index contributed by atoms with van der Waals surface area (Å²) in [7, 11) is 0. The third-order valence-electron chi connectivity index (χ3n) is 6.61. The highest BCUT2D eigenvalue weighted by molar-refractivity contribution is 5.21. The molecule has 3 rings (SSSR count). The summed E-state index contributed by atoms with van der Waals surface area (Å²) in [6.07, 6.45) is 5.40. The van der Waals surface area contributed by atoms with E-state index in [1.807, 2.05) is 0 Å². The number of hydrogen-bond acceptors (Lipinski definition) is 0. The lowest BCUT2D eigenvalue weighted by Crippen LogP contribution is -2.42. The highest BCUT2D eigenvalue weighted by atomic mass is 14.9. The zero-order valence-corrected chi connectivity index (χ0v) is 11.7. The number of rotatable bonds is 1. The lowest BCUT2D eigenvalue weighted by molar-refractivity contribution is 0.0118. The van der Waals surface area contributed by atoms with E-state index >= 15 is 0 Å². The molecule has 3 saturated carbocycles. The zero-order valence-electron chi connectivity index (χ0n) is 11.7. The molecule has 0 aromatic carbocycles. The van der Waals surface area contributed by atoms with Gasteiger partial charge in [-0.2, -0.15) is 0 Å². The van der Waals surface area contributed by atoms with Gasteiger partial charge in [0.05, 0.1) is 0 Å². The van der Waals surface area contributed by atoms with Crippen LogP contribution < -0.4 is 0 Å². The predicted molar refractivity (Wildman–Crippen MR) is 70.4 cm³/mol. The van der Waals surface area contributed by atoms with Gasteiger partial charge < -0.3 is 4.85 Å². The monoisotopic (exact) mass is 231 g/mol. The molecule has 0 heterocycles. The molecule has 3 fully saturated rings. The fourth-order valence-corrected chi connectivity index (χ4v) is 5.80. The van der Waals surface area contributed by atoms with Gasteiger partial charge in [0.2, 0.25) is 5.54 Å². The molecule has 3 aliphatic carbocycles. The van der Waals surface area contributed by atoms with Crippen molar-refractivity contribution in [2.24, 2.45) is 35.0 Å². The molecule has 6 atom stereocenters. The summed E-state index contributed by atoms with van der Waals surface area (Å²) >= 11 is 0. The van der Waals surface area contributed by atoms with E-state index in [-0.39, 0.29) is 5.54 Å². The quantitative estimate of drug-likeness (QED) is 0.589. The van der Waals surface area contributed by atoms with Crippen molar-refractivity contribution in [3.8, 4) is 0 Å². The van der Waals surface area contributed by atoms with Crippen LogP contribution in [0.1, 0.15) is 53.4 Å². The van der Waals surface area contributed by atoms with Crippen molar-refractivity contribution in [3.05, 3.63) is 11.4 Å². The highest BCUT2D eigenvalue weighted by Crippen LogP contribution is 2.69. The largest absolute Gasteiger partial charge is 0.310 e. The topological polar surface area (TPSA) is 4.36 Å². The average Bonchev–Trinajstić information content (AvgIpc) is 2.35. The average molecular weight is 231 g/mol. The normalized spacial score (nSPS) is 56.2. The van der Waals surface area contributed by atoms with Gasteiger partial charge in [0, 0.05) is 18.8 Å². The number of fused-ring (bicyclic) bond motifs is 2. The van der Waals surface area contributed by atoms with Gasteiger partial charge in [-0.1, -0.05) is 20.8 Å². The summed E-state index contributed by atoms with van der Waals surface area (Å²) < 4.78 is 0. The van der Waals surface area contributed by atoms with Crippen LogP contribution in [0.25, 0.3) is 4.85 Å². The first-order valence-corrected chi connectivity index (χ1v) is 7.29. The van der Waals surface area contributed by atoms with Gasteiger partial charge in [-0.3, -0.25) is 0 Å². The molecule has 94 valence electrons. The van der Waals surface area contributed by atoms with E-state index in [9.17, 15) is 0 Å². The molecule has 0 saturated heterocycles. The van der Waals surface area contributed by atoms with Gasteiger partial charge in [0.15, 0.2) is 0 Å². The van der Waals surface area contributed by atoms with Crippen molar-refractivity contribution in [1.29, 1.82) is 0 Å². The molecule has 0 N–H and O–H groups in total. The molecular weight excluding hydrogens is 206 g/mol. The smallest absolute Gasteiger partial charge is 0.235 e. The summed E-state index contributed by atoms with van der Waals surface area (Å²) in [5.41, 5.74) is 0.464. The summed E-state index contributed by atoms with van der Waals surface area (Å²) in [5, 5.41) is 0. The first kappa shape index (κ1) is 11.6. The Hall–Kier alpha value is -0.510. The summed E-state index contributed by atoms with van der Waals surface area (Å²) in [5.74, 6) is 3.97. The maximum atomic E-state index is 7.69. The van der Waals surface area contributed by atoms with Crippen molar-refractivity contribution in [3.63, 3.8) is 0 Å². The molecule has 0 aromatic heterocycles. The van der Waals surface area contributed by atoms with Crippen LogP contribution in [0.3, 0.4) is 0 Å². The van der Waals surface area contributed by atoms with Crippen molar-refractivity contribution in [2.45, 2.75) is 58.9 Å². The fraction of sp³-hybridized carbons (Fsp3) is 0.938. The first-order chi connectivity index (χ1) is 7.90. The lowest BCUT2D eigenvalue weighted by atomic mass is 9.56. The molecule has 0 radical (unpaired) electrons. The van der Waals surface area contributed by atoms with Crippen LogP contribution in [0.4, 0.5) is 0 Å². The van der Waals surface area contributed by atoms with Crippen LogP contribution in [0.2, 0.25) is 0 Å². The standard InChI is InChI=1S/C16H25N/c1-10(2)13-7-14-15(3)8-11(13)6-12(9-15)16(14,4)17-5/h10-14H,6-9H2,1-4H3/t11?,12?,13-,14?,15?,16?/m0/s1. The Morgan fingerprint density at radius 2 is 1.88 bits per heavy atom. The predicted octanol–water partition coefficient (Wildman–Crippen LogP) is 4.39. The highest BCUT2D eigenvalue weighted by Gasteiger charge is 2.69. The second kappa shape index (κ2) is 3.28. The number of hydrogen-bond donors (Lipinski definition) is 0. The Morgan fingerprint density at radius 3 is 2.47 bits per heavy atom. The van der Waals surface area contributed by atoms with Gasteiger partial charge in [0.1, 0.15) is 0 Å². The lowest BCUT2D eigenvalue weighted by Gasteiger charge is -2.47. The Kier molecular flexibility index (Phi) is 2.23. The van der Waals surface area contributed by atoms with Crippen molar-refractivity contribution >= 4 is 0 Å². The Morgan fingerprint density at radius 1 is 1.18 bits per heavy atom. The third-order valence-corrected chi connectivity index (χ3v) is 6.61. The van der Waals surface area contributed by atoms with Crippen LogP contribution in [0, 0.1) is 41.6 Å². The summed E-state index contributed by atoms with van der Waals surface area (Å²) in [6, 6.07) is 0. The molecule has 3 aliphatic rings. The molecule has 1 nitrogen and oxygen atoms in total. The van der Waals surface area contributed by atoms with E-state index in [0.717, 1.165) is 17.8 Å². The Balaban J connectivity index is 2.03. The maximum Gasteiger partial charge on any atom is 0.235 e. The Bertz CT molecular complexity index is 379. The second-order valence-electron chi connectivity index (χ2n) is 7.79. The van der Waals surface area contributed by atoms with Crippen molar-refractivity contribution < 1.29 is 0 Å². The molecular formula is C16H25N. The molecule has 0 aromatic rings. The van der Waals surface area contributed by atoms with Crippen LogP contribution in [-0.2, 0) is 0 Å². The maximum absolute atomic E-state index is 7.69. The molecule has 1 heteroatoms. The van der Waals surface area contributed by atoms with Crippen molar-refractivity contribution in [1.82, 2.24) is 0 Å². The van der Waals surface area contributed by atoms with E-state index in [4.69, 9.17) is 6.57 Å². The molecule has 5 unspecified atom stereocenters. The van der Waals surface area contributed by atoms with Gasteiger partial charge in [-0.15, -0.1) is 0 Å². The van der Waals surface area contributed by atoms with Crippen molar-refractivity contribution in [2.75, 3.05) is 0 Å². The second-order valence-corrected chi connectivity index (χ2v) is 7.79. The van der Waals surface area contributed by atoms with Gasteiger partial charge in [-0.25, -0.2) is 6.57 Å². The summed E-state index contributed by atoms with van der Waals surface area (Å²) in [6.45, 7) is 17.2.